The van der Waals surface area contributed by atoms with Crippen molar-refractivity contribution < 1.29 is 23.1 Å². The zero-order valence-corrected chi connectivity index (χ0v) is 13.0. The molecule has 0 amide bonds. The second-order valence-electron chi connectivity index (χ2n) is 5.52. The van der Waals surface area contributed by atoms with Crippen LogP contribution in [0.3, 0.4) is 0 Å². The number of alkyl halides is 3. The maximum Gasteiger partial charge on any atom is 0.393 e. The van der Waals surface area contributed by atoms with Gasteiger partial charge in [0.05, 0.1) is 12.3 Å². The lowest BCUT2D eigenvalue weighted by molar-refractivity contribution is -0.176. The summed E-state index contributed by atoms with van der Waals surface area (Å²) >= 11 is 0. The number of rotatable bonds is 3. The number of halogens is 4. The molecule has 0 aliphatic carbocycles. The Morgan fingerprint density at radius 2 is 2.09 bits per heavy atom. The van der Waals surface area contributed by atoms with Crippen LogP contribution in [0.15, 0.2) is 18.2 Å². The molecular formula is C15H19ClF3NO2. The minimum absolute atomic E-state index is 0. The number of aliphatic carboxylic acids is 1. The summed E-state index contributed by atoms with van der Waals surface area (Å²) in [5, 5.41) is 8.76. The Morgan fingerprint density at radius 1 is 1.41 bits per heavy atom. The van der Waals surface area contributed by atoms with Gasteiger partial charge in [0.15, 0.2) is 0 Å². The Kier molecular flexibility index (Phi) is 6.11. The highest BCUT2D eigenvalue weighted by Crippen LogP contribution is 2.35. The summed E-state index contributed by atoms with van der Waals surface area (Å²) in [5.74, 6) is -2.21. The second kappa shape index (κ2) is 7.22. The largest absolute Gasteiger partial charge is 0.481 e. The van der Waals surface area contributed by atoms with E-state index in [1.165, 1.54) is 0 Å². The average molecular weight is 338 g/mol. The molecule has 3 nitrogen and oxygen atoms in total. The fraction of sp³-hybridized carbons (Fsp3) is 0.533. The van der Waals surface area contributed by atoms with Gasteiger partial charge >= 0.3 is 12.1 Å². The van der Waals surface area contributed by atoms with Crippen molar-refractivity contribution in [1.29, 1.82) is 0 Å². The molecule has 0 spiro atoms. The molecule has 1 saturated heterocycles. The molecule has 1 heterocycles. The van der Waals surface area contributed by atoms with E-state index in [9.17, 15) is 18.0 Å². The van der Waals surface area contributed by atoms with E-state index in [4.69, 9.17) is 5.11 Å². The Balaban J connectivity index is 0.00000242. The molecule has 1 aliphatic heterocycles. The van der Waals surface area contributed by atoms with Gasteiger partial charge in [-0.2, -0.15) is 13.2 Å². The number of benzene rings is 1. The molecule has 1 fully saturated rings. The predicted octanol–water partition coefficient (Wildman–Crippen LogP) is 3.82. The van der Waals surface area contributed by atoms with E-state index in [0.29, 0.717) is 18.5 Å². The zero-order valence-electron chi connectivity index (χ0n) is 12.2. The Labute approximate surface area is 133 Å². The van der Waals surface area contributed by atoms with Crippen molar-refractivity contribution in [3.05, 3.63) is 29.3 Å². The Morgan fingerprint density at radius 3 is 2.64 bits per heavy atom. The van der Waals surface area contributed by atoms with E-state index < -0.39 is 18.1 Å². The topological polar surface area (TPSA) is 40.5 Å². The lowest BCUT2D eigenvalue weighted by Gasteiger charge is -2.36. The summed E-state index contributed by atoms with van der Waals surface area (Å²) in [6, 6.07) is 5.14. The number of hydrogen-bond acceptors (Lipinski definition) is 2. The highest BCUT2D eigenvalue weighted by molar-refractivity contribution is 5.85. The lowest BCUT2D eigenvalue weighted by Crippen LogP contribution is -2.42. The Bertz CT molecular complexity index is 534. The smallest absolute Gasteiger partial charge is 0.393 e. The molecule has 1 atom stereocenters. The normalized spacial score (nSPS) is 18.7. The number of carbonyl (C=O) groups is 1. The van der Waals surface area contributed by atoms with Crippen LogP contribution >= 0.6 is 12.4 Å². The summed E-state index contributed by atoms with van der Waals surface area (Å²) in [6.07, 6.45) is -3.54. The summed E-state index contributed by atoms with van der Waals surface area (Å²) in [4.78, 5) is 12.4. The third-order valence-corrected chi connectivity index (χ3v) is 3.84. The molecule has 0 radical (unpaired) electrons. The minimum Gasteiger partial charge on any atom is -0.481 e. The molecule has 1 N–H and O–H groups in total. The predicted molar refractivity (Wildman–Crippen MR) is 80.8 cm³/mol. The fourth-order valence-electron chi connectivity index (χ4n) is 2.82. The molecule has 124 valence electrons. The molecule has 22 heavy (non-hydrogen) atoms. The zero-order chi connectivity index (χ0) is 15.6. The molecule has 1 aliphatic rings. The van der Waals surface area contributed by atoms with Gasteiger partial charge in [0.1, 0.15) is 0 Å². The van der Waals surface area contributed by atoms with E-state index in [1.807, 2.05) is 0 Å². The van der Waals surface area contributed by atoms with E-state index in [-0.39, 0.29) is 31.8 Å². The fourth-order valence-corrected chi connectivity index (χ4v) is 2.82. The first kappa shape index (κ1) is 18.6. The molecule has 0 bridgehead atoms. The molecule has 7 heteroatoms. The minimum atomic E-state index is -4.16. The molecule has 1 aromatic carbocycles. The standard InChI is InChI=1S/C15H18F3NO2.ClH/c1-10-7-11(8-14(20)21)4-5-13(10)19-6-2-3-12(9-19)15(16,17)18;/h4-5,7,12H,2-3,6,8-9H2,1H3,(H,20,21);1H. The van der Waals surface area contributed by atoms with Gasteiger partial charge in [0.2, 0.25) is 0 Å². The second-order valence-corrected chi connectivity index (χ2v) is 5.52. The van der Waals surface area contributed by atoms with Crippen molar-refractivity contribution in [2.75, 3.05) is 18.0 Å². The van der Waals surface area contributed by atoms with Crippen LogP contribution in [0.1, 0.15) is 24.0 Å². The lowest BCUT2D eigenvalue weighted by atomic mass is 9.96. The molecule has 1 unspecified atom stereocenters. The van der Waals surface area contributed by atoms with E-state index >= 15 is 0 Å². The first-order valence-corrected chi connectivity index (χ1v) is 6.90. The third kappa shape index (κ3) is 4.53. The van der Waals surface area contributed by atoms with Gasteiger partial charge in [-0.3, -0.25) is 4.79 Å². The van der Waals surface area contributed by atoms with Gasteiger partial charge < -0.3 is 10.0 Å². The molecule has 2 rings (SSSR count). The molecule has 1 aromatic rings. The van der Waals surface area contributed by atoms with Crippen molar-refractivity contribution in [3.8, 4) is 0 Å². The summed E-state index contributed by atoms with van der Waals surface area (Å²) in [5.41, 5.74) is 2.24. The number of anilines is 1. The quantitative estimate of drug-likeness (QED) is 0.911. The van der Waals surface area contributed by atoms with Crippen LogP contribution in [0.25, 0.3) is 0 Å². The van der Waals surface area contributed by atoms with Gasteiger partial charge in [0, 0.05) is 18.8 Å². The third-order valence-electron chi connectivity index (χ3n) is 3.84. The number of nitrogens with zero attached hydrogens (tertiary/aromatic N) is 1. The molecular weight excluding hydrogens is 319 g/mol. The van der Waals surface area contributed by atoms with Gasteiger partial charge in [0.25, 0.3) is 0 Å². The van der Waals surface area contributed by atoms with Crippen LogP contribution in [-0.2, 0) is 11.2 Å². The maximum absolute atomic E-state index is 12.8. The van der Waals surface area contributed by atoms with Gasteiger partial charge in [-0.1, -0.05) is 12.1 Å². The summed E-state index contributed by atoms with van der Waals surface area (Å²) < 4.78 is 38.5. The van der Waals surface area contributed by atoms with Crippen molar-refractivity contribution in [1.82, 2.24) is 0 Å². The van der Waals surface area contributed by atoms with Crippen molar-refractivity contribution in [2.24, 2.45) is 5.92 Å². The van der Waals surface area contributed by atoms with Crippen molar-refractivity contribution in [3.63, 3.8) is 0 Å². The molecule has 0 aromatic heterocycles. The monoisotopic (exact) mass is 337 g/mol. The number of piperidine rings is 1. The van der Waals surface area contributed by atoms with Crippen LogP contribution in [-0.4, -0.2) is 30.3 Å². The highest BCUT2D eigenvalue weighted by Gasteiger charge is 2.41. The van der Waals surface area contributed by atoms with Crippen LogP contribution in [0, 0.1) is 12.8 Å². The summed E-state index contributed by atoms with van der Waals surface area (Å²) in [6.45, 7) is 2.38. The number of carboxylic acid groups (broad SMARTS) is 1. The van der Waals surface area contributed by atoms with E-state index in [2.05, 4.69) is 0 Å². The average Bonchev–Trinajstić information content (AvgIpc) is 2.37. The van der Waals surface area contributed by atoms with E-state index in [1.54, 1.807) is 30.0 Å². The highest BCUT2D eigenvalue weighted by atomic mass is 35.5. The van der Waals surface area contributed by atoms with Crippen LogP contribution in [0.2, 0.25) is 0 Å². The van der Waals surface area contributed by atoms with Crippen molar-refractivity contribution >= 4 is 24.1 Å². The van der Waals surface area contributed by atoms with Crippen LogP contribution in [0.4, 0.5) is 18.9 Å². The SMILES string of the molecule is Cc1cc(CC(=O)O)ccc1N1CCCC(C(F)(F)F)C1.Cl. The first-order chi connectivity index (χ1) is 9.77. The number of hydrogen-bond donors (Lipinski definition) is 1. The molecule has 0 saturated carbocycles. The van der Waals surface area contributed by atoms with Crippen LogP contribution < -0.4 is 4.90 Å². The summed E-state index contributed by atoms with van der Waals surface area (Å²) in [7, 11) is 0. The number of carboxylic acids is 1. The van der Waals surface area contributed by atoms with E-state index in [0.717, 1.165) is 11.3 Å². The van der Waals surface area contributed by atoms with Crippen LogP contribution in [0.5, 0.6) is 0 Å². The van der Waals surface area contributed by atoms with Gasteiger partial charge in [-0.25, -0.2) is 0 Å². The van der Waals surface area contributed by atoms with Gasteiger partial charge in [-0.05, 0) is 37.0 Å². The maximum atomic E-state index is 12.8. The van der Waals surface area contributed by atoms with Crippen molar-refractivity contribution in [2.45, 2.75) is 32.4 Å². The number of aryl methyl sites for hydroxylation is 1. The first-order valence-electron chi connectivity index (χ1n) is 6.90. The Hall–Kier alpha value is -1.43. The van der Waals surface area contributed by atoms with Gasteiger partial charge in [-0.15, -0.1) is 12.4 Å².